The van der Waals surface area contributed by atoms with Crippen LogP contribution in [0.5, 0.6) is 0 Å². The molecule has 0 unspecified atom stereocenters. The van der Waals surface area contributed by atoms with E-state index in [4.69, 9.17) is 0 Å². The maximum absolute atomic E-state index is 12.6. The van der Waals surface area contributed by atoms with Crippen molar-refractivity contribution in [2.45, 2.75) is 32.2 Å². The first-order valence-electron chi connectivity index (χ1n) is 9.57. The van der Waals surface area contributed by atoms with E-state index >= 15 is 0 Å². The number of nitrogens with one attached hydrogen (secondary N) is 1. The van der Waals surface area contributed by atoms with Crippen LogP contribution in [0.25, 0.3) is 10.9 Å². The van der Waals surface area contributed by atoms with Gasteiger partial charge in [-0.15, -0.1) is 0 Å². The summed E-state index contributed by atoms with van der Waals surface area (Å²) in [6.45, 7) is 4.58. The van der Waals surface area contributed by atoms with Gasteiger partial charge in [0.15, 0.2) is 0 Å². The molecule has 3 amide bonds. The van der Waals surface area contributed by atoms with E-state index in [2.05, 4.69) is 34.0 Å². The smallest absolute Gasteiger partial charge is 0.328 e. The molecule has 2 aromatic rings. The zero-order valence-corrected chi connectivity index (χ0v) is 15.6. The molecular formula is C20H25FN4O2. The fourth-order valence-electron chi connectivity index (χ4n) is 4.23. The topological polar surface area (TPSA) is 57.6 Å². The van der Waals surface area contributed by atoms with Crippen LogP contribution < -0.4 is 10.2 Å². The highest BCUT2D eigenvalue weighted by Crippen LogP contribution is 2.32. The summed E-state index contributed by atoms with van der Waals surface area (Å²) in [5, 5.41) is 3.50. The number of fused-ring (bicyclic) bond motifs is 1. The minimum Gasteiger partial charge on any atom is -0.344 e. The zero-order chi connectivity index (χ0) is 19.0. The maximum atomic E-state index is 12.6. The summed E-state index contributed by atoms with van der Waals surface area (Å²) in [6, 6.07) is 6.11. The first kappa shape index (κ1) is 18.0. The molecule has 2 saturated heterocycles. The first-order chi connectivity index (χ1) is 13.1. The standard InChI is InChI=1S/C20H25FN4O2/c1-14-13-25(15-4-8-23(9-5-15)11-7-21)18-3-2-16(12-17(14)18)24-10-6-19(26)22-20(24)27/h2-3,12-13,15H,4-11H2,1H3,(H,22,26,27). The van der Waals surface area contributed by atoms with Gasteiger partial charge < -0.3 is 9.47 Å². The van der Waals surface area contributed by atoms with Crippen LogP contribution in [-0.2, 0) is 4.79 Å². The molecule has 1 aromatic carbocycles. The number of carbonyl (C=O) groups is 2. The molecule has 0 aliphatic carbocycles. The Labute approximate surface area is 157 Å². The molecule has 2 aliphatic heterocycles. The van der Waals surface area contributed by atoms with Crippen molar-refractivity contribution in [3.8, 4) is 0 Å². The van der Waals surface area contributed by atoms with Crippen LogP contribution in [0.15, 0.2) is 24.4 Å². The fourth-order valence-corrected chi connectivity index (χ4v) is 4.23. The summed E-state index contributed by atoms with van der Waals surface area (Å²) in [6.07, 6.45) is 4.54. The summed E-state index contributed by atoms with van der Waals surface area (Å²) >= 11 is 0. The molecule has 0 radical (unpaired) electrons. The highest BCUT2D eigenvalue weighted by atomic mass is 19.1. The van der Waals surface area contributed by atoms with Crippen LogP contribution in [0.4, 0.5) is 14.9 Å². The van der Waals surface area contributed by atoms with Gasteiger partial charge >= 0.3 is 6.03 Å². The molecule has 7 heteroatoms. The molecule has 1 aromatic heterocycles. The van der Waals surface area contributed by atoms with Crippen LogP contribution in [-0.4, -0.2) is 54.3 Å². The van der Waals surface area contributed by atoms with Gasteiger partial charge in [0.25, 0.3) is 0 Å². The van der Waals surface area contributed by atoms with Crippen molar-refractivity contribution >= 4 is 28.5 Å². The summed E-state index contributed by atoms with van der Waals surface area (Å²) in [4.78, 5) is 27.3. The number of carbonyl (C=O) groups excluding carboxylic acids is 2. The molecule has 144 valence electrons. The number of piperidine rings is 1. The Bertz CT molecular complexity index is 870. The third-order valence-electron chi connectivity index (χ3n) is 5.73. The molecule has 6 nitrogen and oxygen atoms in total. The van der Waals surface area contributed by atoms with Gasteiger partial charge in [0.1, 0.15) is 6.67 Å². The fraction of sp³-hybridized carbons (Fsp3) is 0.500. The number of hydrogen-bond donors (Lipinski definition) is 1. The number of hydrogen-bond acceptors (Lipinski definition) is 3. The summed E-state index contributed by atoms with van der Waals surface area (Å²) in [7, 11) is 0. The van der Waals surface area contributed by atoms with E-state index in [1.54, 1.807) is 4.90 Å². The number of benzene rings is 1. The Morgan fingerprint density at radius 2 is 1.96 bits per heavy atom. The van der Waals surface area contributed by atoms with Crippen molar-refractivity contribution in [3.05, 3.63) is 30.0 Å². The molecular weight excluding hydrogens is 347 g/mol. The van der Waals surface area contributed by atoms with Crippen molar-refractivity contribution in [1.82, 2.24) is 14.8 Å². The largest absolute Gasteiger partial charge is 0.344 e. The van der Waals surface area contributed by atoms with Gasteiger partial charge in [0, 0.05) is 61.4 Å². The second-order valence-corrected chi connectivity index (χ2v) is 7.44. The Balaban J connectivity index is 1.58. The molecule has 3 heterocycles. The van der Waals surface area contributed by atoms with Gasteiger partial charge in [-0.05, 0) is 43.5 Å². The Morgan fingerprint density at radius 1 is 1.19 bits per heavy atom. The molecule has 4 rings (SSSR count). The monoisotopic (exact) mass is 372 g/mol. The van der Waals surface area contributed by atoms with Crippen LogP contribution in [0.3, 0.4) is 0 Å². The third-order valence-corrected chi connectivity index (χ3v) is 5.73. The lowest BCUT2D eigenvalue weighted by Gasteiger charge is -2.32. The predicted molar refractivity (Wildman–Crippen MR) is 103 cm³/mol. The molecule has 0 spiro atoms. The number of nitrogens with zero attached hydrogens (tertiary/aromatic N) is 3. The van der Waals surface area contributed by atoms with E-state index < -0.39 is 0 Å². The van der Waals surface area contributed by atoms with E-state index in [0.717, 1.165) is 42.5 Å². The van der Waals surface area contributed by atoms with Gasteiger partial charge in [0.05, 0.1) is 0 Å². The summed E-state index contributed by atoms with van der Waals surface area (Å²) in [5.74, 6) is -0.223. The Hall–Kier alpha value is -2.41. The Morgan fingerprint density at radius 3 is 2.67 bits per heavy atom. The molecule has 2 aliphatic rings. The number of imide groups is 1. The highest BCUT2D eigenvalue weighted by Gasteiger charge is 2.26. The maximum Gasteiger partial charge on any atom is 0.328 e. The number of amides is 3. The summed E-state index contributed by atoms with van der Waals surface area (Å²) in [5.41, 5.74) is 3.14. The van der Waals surface area contributed by atoms with Crippen molar-refractivity contribution in [3.63, 3.8) is 0 Å². The SMILES string of the molecule is Cc1cn(C2CCN(CCF)CC2)c2ccc(N3CCC(=O)NC3=O)cc12. The second-order valence-electron chi connectivity index (χ2n) is 7.44. The number of likely N-dealkylation sites (tertiary alicyclic amines) is 1. The van der Waals surface area contributed by atoms with Gasteiger partial charge in [-0.25, -0.2) is 9.18 Å². The van der Waals surface area contributed by atoms with Crippen LogP contribution in [0.2, 0.25) is 0 Å². The lowest BCUT2D eigenvalue weighted by molar-refractivity contribution is -0.120. The van der Waals surface area contributed by atoms with Crippen LogP contribution in [0.1, 0.15) is 30.9 Å². The van der Waals surface area contributed by atoms with E-state index in [0.29, 0.717) is 25.6 Å². The van der Waals surface area contributed by atoms with E-state index in [1.807, 2.05) is 12.1 Å². The van der Waals surface area contributed by atoms with Crippen molar-refractivity contribution in [2.24, 2.45) is 0 Å². The highest BCUT2D eigenvalue weighted by molar-refractivity contribution is 6.06. The van der Waals surface area contributed by atoms with Gasteiger partial charge in [-0.2, -0.15) is 0 Å². The molecule has 27 heavy (non-hydrogen) atoms. The van der Waals surface area contributed by atoms with Crippen molar-refractivity contribution in [2.75, 3.05) is 37.8 Å². The van der Waals surface area contributed by atoms with E-state index in [1.165, 1.54) is 5.56 Å². The lowest BCUT2D eigenvalue weighted by Crippen LogP contribution is -2.49. The average molecular weight is 372 g/mol. The number of alkyl halides is 1. The molecule has 0 bridgehead atoms. The van der Waals surface area contributed by atoms with Crippen molar-refractivity contribution in [1.29, 1.82) is 0 Å². The molecule has 1 N–H and O–H groups in total. The minimum absolute atomic E-state index is 0.223. The van der Waals surface area contributed by atoms with Crippen LogP contribution in [0, 0.1) is 6.92 Å². The number of urea groups is 1. The zero-order valence-electron chi connectivity index (χ0n) is 15.6. The number of aromatic nitrogens is 1. The summed E-state index contributed by atoms with van der Waals surface area (Å²) < 4.78 is 14.9. The minimum atomic E-state index is -0.358. The quantitative estimate of drug-likeness (QED) is 0.898. The van der Waals surface area contributed by atoms with Gasteiger partial charge in [-0.1, -0.05) is 0 Å². The van der Waals surface area contributed by atoms with E-state index in [9.17, 15) is 14.0 Å². The van der Waals surface area contributed by atoms with Gasteiger partial charge in [-0.3, -0.25) is 15.0 Å². The molecule has 2 fully saturated rings. The Kier molecular flexibility index (Phi) is 4.86. The van der Waals surface area contributed by atoms with Crippen LogP contribution >= 0.6 is 0 Å². The molecule has 0 atom stereocenters. The average Bonchev–Trinajstić information content (AvgIpc) is 2.99. The van der Waals surface area contributed by atoms with Gasteiger partial charge in [0.2, 0.25) is 5.91 Å². The van der Waals surface area contributed by atoms with Crippen molar-refractivity contribution < 1.29 is 14.0 Å². The predicted octanol–water partition coefficient (Wildman–Crippen LogP) is 3.00. The van der Waals surface area contributed by atoms with E-state index in [-0.39, 0.29) is 18.6 Å². The number of anilines is 1. The lowest BCUT2D eigenvalue weighted by atomic mass is 10.0. The second kappa shape index (κ2) is 7.31. The molecule has 0 saturated carbocycles. The number of rotatable bonds is 4. The number of halogens is 1. The third kappa shape index (κ3) is 3.43. The first-order valence-corrected chi connectivity index (χ1v) is 9.57. The number of aryl methyl sites for hydroxylation is 1. The normalized spacial score (nSPS) is 19.7.